The molecule has 6 heteroatoms. The number of nitrogens with zero attached hydrogens (tertiary/aromatic N) is 4. The van der Waals surface area contributed by atoms with E-state index in [1.165, 1.54) is 0 Å². The number of thiazole rings is 1. The van der Waals surface area contributed by atoms with Crippen molar-refractivity contribution in [2.24, 2.45) is 0 Å². The summed E-state index contributed by atoms with van der Waals surface area (Å²) < 4.78 is 0. The normalized spacial score (nSPS) is 17.8. The summed E-state index contributed by atoms with van der Waals surface area (Å²) in [6, 6.07) is 3.75. The van der Waals surface area contributed by atoms with Crippen LogP contribution in [0.3, 0.4) is 0 Å². The van der Waals surface area contributed by atoms with Crippen molar-refractivity contribution in [3.05, 3.63) is 40.0 Å². The Morgan fingerprint density at radius 3 is 2.95 bits per heavy atom. The number of aryl methyl sites for hydroxylation is 1. The molecule has 1 saturated heterocycles. The highest BCUT2D eigenvalue weighted by atomic mass is 32.1. The van der Waals surface area contributed by atoms with Crippen LogP contribution in [0.15, 0.2) is 23.7 Å². The number of amides is 1. The number of pyridine rings is 1. The number of carbonyl (C=O) groups is 1. The topological polar surface area (TPSA) is 49.3 Å². The van der Waals surface area contributed by atoms with E-state index in [1.807, 2.05) is 42.3 Å². The summed E-state index contributed by atoms with van der Waals surface area (Å²) in [7, 11) is 3.85. The van der Waals surface area contributed by atoms with Crippen molar-refractivity contribution >= 4 is 23.1 Å². The van der Waals surface area contributed by atoms with E-state index in [1.54, 1.807) is 23.6 Å². The molecule has 1 aliphatic rings. The first-order valence-corrected chi connectivity index (χ1v) is 8.30. The Morgan fingerprint density at radius 2 is 2.27 bits per heavy atom. The van der Waals surface area contributed by atoms with Gasteiger partial charge in [-0.1, -0.05) is 0 Å². The summed E-state index contributed by atoms with van der Waals surface area (Å²) in [6.07, 6.45) is 3.71. The molecule has 0 aromatic carbocycles. The van der Waals surface area contributed by atoms with E-state index in [9.17, 15) is 4.79 Å². The minimum absolute atomic E-state index is 0.0702. The second-order valence-corrected chi connectivity index (χ2v) is 6.67. The zero-order valence-corrected chi connectivity index (χ0v) is 13.9. The van der Waals surface area contributed by atoms with Crippen molar-refractivity contribution in [3.8, 4) is 0 Å². The minimum atomic E-state index is 0.0702. The van der Waals surface area contributed by atoms with Gasteiger partial charge in [0.05, 0.1) is 6.04 Å². The van der Waals surface area contributed by atoms with Gasteiger partial charge in [-0.05, 0) is 31.9 Å². The average Bonchev–Trinajstić information content (AvgIpc) is 3.15. The third-order valence-corrected chi connectivity index (χ3v) is 4.95. The molecule has 0 aliphatic carbocycles. The highest BCUT2D eigenvalue weighted by molar-refractivity contribution is 7.09. The monoisotopic (exact) mass is 316 g/mol. The van der Waals surface area contributed by atoms with Crippen LogP contribution in [0.4, 0.5) is 5.82 Å². The van der Waals surface area contributed by atoms with Crippen molar-refractivity contribution < 1.29 is 4.79 Å². The van der Waals surface area contributed by atoms with Gasteiger partial charge in [-0.15, -0.1) is 11.3 Å². The number of anilines is 1. The Labute approximate surface area is 134 Å². The zero-order valence-electron chi connectivity index (χ0n) is 13.1. The molecule has 5 nitrogen and oxygen atoms in total. The summed E-state index contributed by atoms with van der Waals surface area (Å²) in [6.45, 7) is 2.79. The van der Waals surface area contributed by atoms with Crippen LogP contribution in [0.1, 0.15) is 39.9 Å². The third kappa shape index (κ3) is 2.83. The van der Waals surface area contributed by atoms with E-state index in [2.05, 4.69) is 9.97 Å². The maximum absolute atomic E-state index is 12.9. The Balaban J connectivity index is 1.86. The molecule has 0 radical (unpaired) electrons. The molecule has 3 rings (SSSR count). The van der Waals surface area contributed by atoms with Crippen LogP contribution in [0, 0.1) is 6.92 Å². The molecule has 0 spiro atoms. The van der Waals surface area contributed by atoms with Gasteiger partial charge >= 0.3 is 0 Å². The molecule has 116 valence electrons. The number of hydrogen-bond acceptors (Lipinski definition) is 5. The molecular formula is C16H20N4OS. The summed E-state index contributed by atoms with van der Waals surface area (Å²) >= 11 is 1.65. The average molecular weight is 316 g/mol. The van der Waals surface area contributed by atoms with E-state index in [0.29, 0.717) is 5.56 Å². The van der Waals surface area contributed by atoms with Crippen molar-refractivity contribution in [1.29, 1.82) is 0 Å². The van der Waals surface area contributed by atoms with Crippen LogP contribution in [0.2, 0.25) is 0 Å². The summed E-state index contributed by atoms with van der Waals surface area (Å²) in [5, 5.41) is 3.10. The Morgan fingerprint density at radius 1 is 1.45 bits per heavy atom. The molecule has 1 amide bonds. The van der Waals surface area contributed by atoms with Crippen LogP contribution in [0.25, 0.3) is 0 Å². The second kappa shape index (κ2) is 6.04. The third-order valence-electron chi connectivity index (χ3n) is 3.89. The molecule has 1 fully saturated rings. The quantitative estimate of drug-likeness (QED) is 0.873. The molecule has 0 saturated carbocycles. The number of aromatic nitrogens is 2. The van der Waals surface area contributed by atoms with E-state index >= 15 is 0 Å². The predicted octanol–water partition coefficient (Wildman–Crippen LogP) is 2.89. The fourth-order valence-corrected chi connectivity index (χ4v) is 3.70. The van der Waals surface area contributed by atoms with Crippen molar-refractivity contribution in [2.75, 3.05) is 25.5 Å². The molecule has 2 aromatic heterocycles. The molecule has 1 aliphatic heterocycles. The zero-order chi connectivity index (χ0) is 15.7. The Bertz CT molecular complexity index is 682. The van der Waals surface area contributed by atoms with Crippen LogP contribution >= 0.6 is 11.3 Å². The first-order valence-electron chi connectivity index (χ1n) is 7.42. The lowest BCUT2D eigenvalue weighted by Gasteiger charge is -2.23. The SMILES string of the molecule is Cc1csc(C2CCCN2C(=O)c2ccnc(N(C)C)c2)n1. The summed E-state index contributed by atoms with van der Waals surface area (Å²) in [4.78, 5) is 25.6. The minimum Gasteiger partial charge on any atom is -0.363 e. The Kier molecular flexibility index (Phi) is 4.11. The highest BCUT2D eigenvalue weighted by Crippen LogP contribution is 2.34. The van der Waals surface area contributed by atoms with Gasteiger partial charge in [0, 0.05) is 43.5 Å². The largest absolute Gasteiger partial charge is 0.363 e. The van der Waals surface area contributed by atoms with Gasteiger partial charge in [-0.25, -0.2) is 9.97 Å². The van der Waals surface area contributed by atoms with E-state index in [-0.39, 0.29) is 11.9 Å². The van der Waals surface area contributed by atoms with E-state index < -0.39 is 0 Å². The van der Waals surface area contributed by atoms with Gasteiger partial charge in [0.25, 0.3) is 5.91 Å². The maximum Gasteiger partial charge on any atom is 0.254 e. The standard InChI is InChI=1S/C16H20N4OS/c1-11-10-22-15(18-11)13-5-4-8-20(13)16(21)12-6-7-17-14(9-12)19(2)3/h6-7,9-10,13H,4-5,8H2,1-3H3. The fraction of sp³-hybridized carbons (Fsp3) is 0.438. The molecule has 1 atom stereocenters. The molecule has 2 aromatic rings. The van der Waals surface area contributed by atoms with Crippen molar-refractivity contribution in [3.63, 3.8) is 0 Å². The fourth-order valence-electron chi connectivity index (χ4n) is 2.75. The van der Waals surface area contributed by atoms with Gasteiger partial charge in [-0.2, -0.15) is 0 Å². The predicted molar refractivity (Wildman–Crippen MR) is 88.4 cm³/mol. The van der Waals surface area contributed by atoms with Crippen molar-refractivity contribution in [1.82, 2.24) is 14.9 Å². The lowest BCUT2D eigenvalue weighted by Crippen LogP contribution is -2.30. The molecule has 1 unspecified atom stereocenters. The van der Waals surface area contributed by atoms with Gasteiger partial charge in [-0.3, -0.25) is 4.79 Å². The summed E-state index contributed by atoms with van der Waals surface area (Å²) in [5.74, 6) is 0.868. The van der Waals surface area contributed by atoms with E-state index in [4.69, 9.17) is 0 Å². The molecular weight excluding hydrogens is 296 g/mol. The van der Waals surface area contributed by atoms with Crippen molar-refractivity contribution in [2.45, 2.75) is 25.8 Å². The van der Waals surface area contributed by atoms with E-state index in [0.717, 1.165) is 35.9 Å². The number of carbonyl (C=O) groups excluding carboxylic acids is 1. The first kappa shape index (κ1) is 15.0. The van der Waals surface area contributed by atoms with Crippen LogP contribution < -0.4 is 4.90 Å². The highest BCUT2D eigenvalue weighted by Gasteiger charge is 2.32. The number of rotatable bonds is 3. The molecule has 3 heterocycles. The lowest BCUT2D eigenvalue weighted by atomic mass is 10.2. The van der Waals surface area contributed by atoms with Crippen LogP contribution in [0.5, 0.6) is 0 Å². The van der Waals surface area contributed by atoms with Gasteiger partial charge < -0.3 is 9.80 Å². The number of hydrogen-bond donors (Lipinski definition) is 0. The van der Waals surface area contributed by atoms with Crippen LogP contribution in [-0.4, -0.2) is 41.4 Å². The number of likely N-dealkylation sites (tertiary alicyclic amines) is 1. The lowest BCUT2D eigenvalue weighted by molar-refractivity contribution is 0.0735. The molecule has 22 heavy (non-hydrogen) atoms. The van der Waals surface area contributed by atoms with Gasteiger partial charge in [0.2, 0.25) is 0 Å². The molecule has 0 N–H and O–H groups in total. The molecule has 0 bridgehead atoms. The second-order valence-electron chi connectivity index (χ2n) is 5.78. The van der Waals surface area contributed by atoms with Crippen LogP contribution in [-0.2, 0) is 0 Å². The smallest absolute Gasteiger partial charge is 0.254 e. The van der Waals surface area contributed by atoms with Gasteiger partial charge in [0.15, 0.2) is 0 Å². The first-order chi connectivity index (χ1) is 10.6. The maximum atomic E-state index is 12.9. The summed E-state index contributed by atoms with van der Waals surface area (Å²) in [5.41, 5.74) is 1.72. The Hall–Kier alpha value is -1.95. The van der Waals surface area contributed by atoms with Gasteiger partial charge in [0.1, 0.15) is 10.8 Å².